The fraction of sp³-hybridized carbons (Fsp3) is 0. The second-order valence-electron chi connectivity index (χ2n) is 0.448. The van der Waals surface area contributed by atoms with Crippen LogP contribution in [0.4, 0.5) is 0 Å². The summed E-state index contributed by atoms with van der Waals surface area (Å²) < 4.78 is 31.9. The predicted octanol–water partition coefficient (Wildman–Crippen LogP) is -2.12. The molecule has 7 heteroatoms. The Morgan fingerprint density at radius 1 is 1.00 bits per heavy atom. The molecule has 0 aromatic heterocycles. The van der Waals surface area contributed by atoms with Crippen molar-refractivity contribution in [1.82, 2.24) is 0 Å². The molecule has 4 nitrogen and oxygen atoms in total. The molecule has 0 fully saturated rings. The Kier molecular flexibility index (Phi) is 20.4. The Hall–Kier alpha value is 4.16. The van der Waals surface area contributed by atoms with Crippen LogP contribution < -0.4 is 0 Å². The molecule has 0 aliphatic rings. The summed E-state index contributed by atoms with van der Waals surface area (Å²) in [6.07, 6.45) is 0. The van der Waals surface area contributed by atoms with Crippen LogP contribution in [-0.4, -0.2) is 146 Å². The standard InChI is InChI=1S/Cr.2Cs.2H2O.2O/h;;;2*1H2;;/q+2;;;;;;/p-2. The Labute approximate surface area is 161 Å². The van der Waals surface area contributed by atoms with Crippen molar-refractivity contribution >= 4 is 138 Å². The van der Waals surface area contributed by atoms with Crippen LogP contribution >= 0.6 is 0 Å². The molecule has 0 aliphatic carbocycles. The minimum absolute atomic E-state index is 0. The van der Waals surface area contributed by atoms with Crippen molar-refractivity contribution in [2.75, 3.05) is 0 Å². The molecule has 0 heterocycles. The Morgan fingerprint density at radius 2 is 1.00 bits per heavy atom. The van der Waals surface area contributed by atoms with Crippen molar-refractivity contribution in [2.24, 2.45) is 0 Å². The third kappa shape index (κ3) is 39.1. The maximum absolute atomic E-state index is 8.82. The van der Waals surface area contributed by atoms with Crippen molar-refractivity contribution in [1.29, 1.82) is 0 Å². The predicted molar refractivity (Wildman–Crippen MR) is 17.3 cm³/mol. The van der Waals surface area contributed by atoms with Crippen LogP contribution in [0.25, 0.3) is 0 Å². The molecule has 0 saturated carbocycles. The van der Waals surface area contributed by atoms with Gasteiger partial charge in [0.2, 0.25) is 0 Å². The minimum atomic E-state index is -5.25. The Morgan fingerprint density at radius 3 is 1.00 bits per heavy atom. The summed E-state index contributed by atoms with van der Waals surface area (Å²) >= 11 is -5.25. The molecule has 0 amide bonds. The van der Waals surface area contributed by atoms with Crippen LogP contribution in [0.2, 0.25) is 0 Å². The molecule has 0 bridgehead atoms. The van der Waals surface area contributed by atoms with Gasteiger partial charge in [-0.15, -0.1) is 0 Å². The number of hydrogen-bond donors (Lipinski definition) is 2. The van der Waals surface area contributed by atoms with E-state index in [1.165, 1.54) is 0 Å². The SMILES string of the molecule is [Cs].[Cs].[O]=[Cr](=[O])([OH])[OH]. The molecule has 0 aromatic rings. The molecule has 0 spiro atoms. The summed E-state index contributed by atoms with van der Waals surface area (Å²) in [5.74, 6) is 0. The van der Waals surface area contributed by atoms with E-state index in [4.69, 9.17) is 15.9 Å². The molecule has 0 aliphatic heterocycles. The Bertz CT molecular complexity index is 92.9. The molecular weight excluding hydrogens is 382 g/mol. The summed E-state index contributed by atoms with van der Waals surface area (Å²) in [6, 6.07) is 0. The van der Waals surface area contributed by atoms with Crippen molar-refractivity contribution < 1.29 is 29.5 Å². The molecule has 2 radical (unpaired) electrons. The molecule has 0 unspecified atom stereocenters. The Balaban J connectivity index is -0.0000000800. The summed E-state index contributed by atoms with van der Waals surface area (Å²) in [5.41, 5.74) is 0. The molecule has 0 saturated heterocycles. The van der Waals surface area contributed by atoms with E-state index < -0.39 is 13.6 Å². The first-order valence-corrected chi connectivity index (χ1v) is 2.88. The van der Waals surface area contributed by atoms with Crippen LogP contribution in [0, 0.1) is 0 Å². The van der Waals surface area contributed by atoms with Crippen LogP contribution in [0.5, 0.6) is 0 Å². The molecule has 7 heavy (non-hydrogen) atoms. The summed E-state index contributed by atoms with van der Waals surface area (Å²) in [7, 11) is 0. The molecule has 0 aromatic carbocycles. The molecule has 2 N–H and O–H groups in total. The van der Waals surface area contributed by atoms with Crippen LogP contribution in [-0.2, 0) is 21.2 Å². The van der Waals surface area contributed by atoms with Crippen molar-refractivity contribution in [3.63, 3.8) is 0 Å². The fourth-order valence-electron chi connectivity index (χ4n) is 0. The van der Waals surface area contributed by atoms with Crippen LogP contribution in [0.3, 0.4) is 0 Å². The van der Waals surface area contributed by atoms with Gasteiger partial charge in [0.1, 0.15) is 0 Å². The average Bonchev–Trinajstić information content (AvgIpc) is 0.722. The van der Waals surface area contributed by atoms with Gasteiger partial charge in [0, 0.05) is 138 Å². The maximum atomic E-state index is 8.82. The van der Waals surface area contributed by atoms with Gasteiger partial charge in [-0.05, 0) is 0 Å². The molecule has 0 rings (SSSR count). The van der Waals surface area contributed by atoms with Gasteiger partial charge in [-0.1, -0.05) is 0 Å². The number of rotatable bonds is 0. The normalized spacial score (nSPS) is 8.29. The average molecular weight is 384 g/mol. The zero-order chi connectivity index (χ0) is 4.50. The van der Waals surface area contributed by atoms with E-state index in [0.717, 1.165) is 0 Å². The van der Waals surface area contributed by atoms with E-state index in [2.05, 4.69) is 0 Å². The second-order valence-corrected chi connectivity index (χ2v) is 1.85. The van der Waals surface area contributed by atoms with E-state index in [1.807, 2.05) is 0 Å². The van der Waals surface area contributed by atoms with Crippen LogP contribution in [0.1, 0.15) is 0 Å². The van der Waals surface area contributed by atoms with Gasteiger partial charge < -0.3 is 0 Å². The first-order chi connectivity index (χ1) is 2.00. The van der Waals surface area contributed by atoms with E-state index in [-0.39, 0.29) is 138 Å². The zero-order valence-electron chi connectivity index (χ0n) is 4.12. The van der Waals surface area contributed by atoms with E-state index in [1.54, 1.807) is 0 Å². The number of hydrogen-bond acceptors (Lipinski definition) is 2. The summed E-state index contributed by atoms with van der Waals surface area (Å²) in [5, 5.41) is 0. The zero-order valence-corrected chi connectivity index (χ0v) is 18.0. The van der Waals surface area contributed by atoms with E-state index in [9.17, 15) is 0 Å². The van der Waals surface area contributed by atoms with E-state index in [0.29, 0.717) is 0 Å². The van der Waals surface area contributed by atoms with E-state index >= 15 is 0 Å². The first kappa shape index (κ1) is 17.3. The first-order valence-electron chi connectivity index (χ1n) is 0.698. The summed E-state index contributed by atoms with van der Waals surface area (Å²) in [4.78, 5) is 0. The molecule has 34 valence electrons. The third-order valence-corrected chi connectivity index (χ3v) is 0. The van der Waals surface area contributed by atoms with Gasteiger partial charge in [-0.2, -0.15) is 0 Å². The van der Waals surface area contributed by atoms with Crippen molar-refractivity contribution in [2.45, 2.75) is 0 Å². The van der Waals surface area contributed by atoms with Crippen molar-refractivity contribution in [3.8, 4) is 0 Å². The van der Waals surface area contributed by atoms with Gasteiger partial charge in [0.15, 0.2) is 0 Å². The third-order valence-electron chi connectivity index (χ3n) is 0. The second kappa shape index (κ2) is 8.25. The molecular formula is H2CrCs2O4. The topological polar surface area (TPSA) is 74.6 Å². The summed E-state index contributed by atoms with van der Waals surface area (Å²) in [6.45, 7) is 0. The van der Waals surface area contributed by atoms with Gasteiger partial charge in [0.05, 0.1) is 0 Å². The quantitative estimate of drug-likeness (QED) is 0.502. The van der Waals surface area contributed by atoms with Gasteiger partial charge in [0.25, 0.3) is 0 Å². The van der Waals surface area contributed by atoms with Crippen molar-refractivity contribution in [3.05, 3.63) is 0 Å². The van der Waals surface area contributed by atoms with Gasteiger partial charge in [-0.3, -0.25) is 0 Å². The van der Waals surface area contributed by atoms with Crippen LogP contribution in [0.15, 0.2) is 0 Å². The fourth-order valence-corrected chi connectivity index (χ4v) is 0. The monoisotopic (exact) mass is 384 g/mol. The molecule has 0 atom stereocenters. The van der Waals surface area contributed by atoms with Gasteiger partial charge in [-0.25, -0.2) is 0 Å². The van der Waals surface area contributed by atoms with Gasteiger partial charge >= 0.3 is 29.5 Å².